The number of anilines is 1. The second kappa shape index (κ2) is 10.6. The van der Waals surface area contributed by atoms with Crippen molar-refractivity contribution in [1.82, 2.24) is 4.90 Å². The molecule has 4 rings (SSSR count). The van der Waals surface area contributed by atoms with Crippen molar-refractivity contribution < 1.29 is 9.59 Å². The molecule has 3 aromatic rings. The highest BCUT2D eigenvalue weighted by Gasteiger charge is 2.13. The fourth-order valence-electron chi connectivity index (χ4n) is 4.01. The van der Waals surface area contributed by atoms with E-state index in [-0.39, 0.29) is 18.1 Å². The van der Waals surface area contributed by atoms with Gasteiger partial charge < -0.3 is 5.32 Å². The van der Waals surface area contributed by atoms with Crippen molar-refractivity contribution in [3.8, 4) is 11.1 Å². The van der Waals surface area contributed by atoms with E-state index in [1.54, 1.807) is 12.1 Å². The Bertz CT molecular complexity index is 1050. The minimum Gasteiger partial charge on any atom is -0.326 e. The second-order valence-electron chi connectivity index (χ2n) is 8.27. The number of hydrogen-bond acceptors (Lipinski definition) is 3. The van der Waals surface area contributed by atoms with Gasteiger partial charge in [0.05, 0.1) is 6.42 Å². The maximum atomic E-state index is 12.5. The Morgan fingerprint density at radius 2 is 1.38 bits per heavy atom. The molecule has 4 nitrogen and oxygen atoms in total. The van der Waals surface area contributed by atoms with Crippen molar-refractivity contribution in [3.63, 3.8) is 0 Å². The number of nitrogens with zero attached hydrogens (tertiary/aromatic N) is 1. The zero-order chi connectivity index (χ0) is 22.3. The smallest absolute Gasteiger partial charge is 0.232 e. The summed E-state index contributed by atoms with van der Waals surface area (Å²) in [5, 5.41) is 3.51. The third-order valence-corrected chi connectivity index (χ3v) is 6.05. The molecule has 0 atom stereocenters. The first kappa shape index (κ1) is 22.3. The minimum atomic E-state index is -0.305. The third-order valence-electron chi connectivity index (χ3n) is 5.80. The number of piperidine rings is 1. The van der Waals surface area contributed by atoms with Crippen LogP contribution in [0.2, 0.25) is 5.02 Å². The molecule has 0 radical (unpaired) electrons. The van der Waals surface area contributed by atoms with E-state index in [0.29, 0.717) is 16.3 Å². The van der Waals surface area contributed by atoms with Gasteiger partial charge in [0.25, 0.3) is 0 Å². The zero-order valence-corrected chi connectivity index (χ0v) is 18.8. The predicted molar refractivity (Wildman–Crippen MR) is 130 cm³/mol. The van der Waals surface area contributed by atoms with Crippen molar-refractivity contribution in [1.29, 1.82) is 0 Å². The van der Waals surface area contributed by atoms with Crippen LogP contribution in [0.3, 0.4) is 0 Å². The number of carbonyl (C=O) groups is 2. The normalized spacial score (nSPS) is 14.2. The van der Waals surface area contributed by atoms with Crippen molar-refractivity contribution in [2.75, 3.05) is 18.4 Å². The van der Waals surface area contributed by atoms with Gasteiger partial charge in [0.1, 0.15) is 0 Å². The first-order chi connectivity index (χ1) is 15.6. The minimum absolute atomic E-state index is 0.185. The summed E-state index contributed by atoms with van der Waals surface area (Å²) in [5.41, 5.74) is 4.49. The number of benzene rings is 3. The average Bonchev–Trinajstić information content (AvgIpc) is 2.81. The summed E-state index contributed by atoms with van der Waals surface area (Å²) in [6.45, 7) is 3.25. The monoisotopic (exact) mass is 446 g/mol. The summed E-state index contributed by atoms with van der Waals surface area (Å²) < 4.78 is 0. The van der Waals surface area contributed by atoms with E-state index in [9.17, 15) is 9.59 Å². The number of nitrogens with one attached hydrogen (secondary N) is 1. The molecular formula is C27H27ClN2O2. The Balaban J connectivity index is 1.29. The molecule has 32 heavy (non-hydrogen) atoms. The SMILES string of the molecule is O=C(CC(=O)c1ccc(-c2ccc(Cl)cc2)cc1)Nc1ccc(CN2CCCCC2)cc1. The van der Waals surface area contributed by atoms with E-state index in [4.69, 9.17) is 11.6 Å². The highest BCUT2D eigenvalue weighted by atomic mass is 35.5. The van der Waals surface area contributed by atoms with Crippen LogP contribution in [-0.2, 0) is 11.3 Å². The first-order valence-corrected chi connectivity index (χ1v) is 11.4. The molecule has 0 aliphatic carbocycles. The number of rotatable bonds is 7. The maximum absolute atomic E-state index is 12.5. The number of carbonyl (C=O) groups excluding carboxylic acids is 2. The highest BCUT2D eigenvalue weighted by Crippen LogP contribution is 2.22. The van der Waals surface area contributed by atoms with Crippen LogP contribution in [0.25, 0.3) is 11.1 Å². The van der Waals surface area contributed by atoms with Gasteiger partial charge in [0.15, 0.2) is 5.78 Å². The first-order valence-electron chi connectivity index (χ1n) is 11.1. The van der Waals surface area contributed by atoms with Gasteiger partial charge in [-0.25, -0.2) is 0 Å². The number of halogens is 1. The van der Waals surface area contributed by atoms with E-state index in [0.717, 1.165) is 30.8 Å². The van der Waals surface area contributed by atoms with E-state index in [1.807, 2.05) is 60.7 Å². The van der Waals surface area contributed by atoms with E-state index in [2.05, 4.69) is 10.2 Å². The topological polar surface area (TPSA) is 49.4 Å². The third kappa shape index (κ3) is 6.06. The van der Waals surface area contributed by atoms with Crippen LogP contribution in [0.4, 0.5) is 5.69 Å². The van der Waals surface area contributed by atoms with Crippen LogP contribution in [0.1, 0.15) is 41.6 Å². The van der Waals surface area contributed by atoms with Gasteiger partial charge in [-0.15, -0.1) is 0 Å². The lowest BCUT2D eigenvalue weighted by atomic mass is 10.0. The molecule has 0 bridgehead atoms. The lowest BCUT2D eigenvalue weighted by molar-refractivity contribution is -0.115. The Morgan fingerprint density at radius 3 is 2.00 bits per heavy atom. The standard InChI is InChI=1S/C27H27ClN2O2/c28-24-12-10-22(11-13-24)21-6-8-23(9-7-21)26(31)18-27(32)29-25-14-4-20(5-15-25)19-30-16-2-1-3-17-30/h4-15H,1-3,16-19H2,(H,29,32). The Morgan fingerprint density at radius 1 is 0.781 bits per heavy atom. The van der Waals surface area contributed by atoms with Gasteiger partial charge in [0, 0.05) is 22.8 Å². The Labute approximate surface area is 194 Å². The van der Waals surface area contributed by atoms with Crippen molar-refractivity contribution in [2.24, 2.45) is 0 Å². The van der Waals surface area contributed by atoms with Crippen LogP contribution in [-0.4, -0.2) is 29.7 Å². The fourth-order valence-corrected chi connectivity index (χ4v) is 4.14. The van der Waals surface area contributed by atoms with Gasteiger partial charge in [-0.05, 0) is 66.9 Å². The molecule has 164 valence electrons. The van der Waals surface area contributed by atoms with E-state index >= 15 is 0 Å². The Kier molecular flexibility index (Phi) is 7.35. The maximum Gasteiger partial charge on any atom is 0.232 e. The zero-order valence-electron chi connectivity index (χ0n) is 18.0. The molecule has 0 aromatic heterocycles. The molecule has 1 N–H and O–H groups in total. The van der Waals surface area contributed by atoms with Crippen LogP contribution < -0.4 is 5.32 Å². The summed E-state index contributed by atoms with van der Waals surface area (Å²) in [4.78, 5) is 27.4. The molecule has 5 heteroatoms. The van der Waals surface area contributed by atoms with Gasteiger partial charge >= 0.3 is 0 Å². The molecule has 0 unspecified atom stereocenters. The summed E-state index contributed by atoms with van der Waals surface area (Å²) in [6, 6.07) is 22.7. The molecule has 1 amide bonds. The molecule has 1 saturated heterocycles. The van der Waals surface area contributed by atoms with Gasteiger partial charge in [0.2, 0.25) is 5.91 Å². The van der Waals surface area contributed by atoms with Crippen LogP contribution in [0.15, 0.2) is 72.8 Å². The van der Waals surface area contributed by atoms with E-state index in [1.165, 1.54) is 24.8 Å². The predicted octanol–water partition coefficient (Wildman–Crippen LogP) is 6.20. The van der Waals surface area contributed by atoms with Crippen LogP contribution in [0, 0.1) is 0 Å². The number of ketones is 1. The average molecular weight is 447 g/mol. The molecular weight excluding hydrogens is 420 g/mol. The molecule has 3 aromatic carbocycles. The Hall–Kier alpha value is -2.95. The number of hydrogen-bond donors (Lipinski definition) is 1. The molecule has 0 spiro atoms. The molecule has 1 aliphatic heterocycles. The van der Waals surface area contributed by atoms with Crippen LogP contribution >= 0.6 is 11.6 Å². The molecule has 1 heterocycles. The largest absolute Gasteiger partial charge is 0.326 e. The molecule has 1 fully saturated rings. The number of Topliss-reactive ketones (excluding diaryl/α,β-unsaturated/α-hetero) is 1. The van der Waals surface area contributed by atoms with Gasteiger partial charge in [-0.1, -0.05) is 66.6 Å². The summed E-state index contributed by atoms with van der Waals surface area (Å²) in [7, 11) is 0. The second-order valence-corrected chi connectivity index (χ2v) is 8.70. The summed E-state index contributed by atoms with van der Waals surface area (Å²) >= 11 is 5.94. The molecule has 0 saturated carbocycles. The number of amides is 1. The lowest BCUT2D eigenvalue weighted by Crippen LogP contribution is -2.29. The van der Waals surface area contributed by atoms with Crippen LogP contribution in [0.5, 0.6) is 0 Å². The van der Waals surface area contributed by atoms with Crippen molar-refractivity contribution in [3.05, 3.63) is 88.9 Å². The number of likely N-dealkylation sites (tertiary alicyclic amines) is 1. The lowest BCUT2D eigenvalue weighted by Gasteiger charge is -2.26. The van der Waals surface area contributed by atoms with Crippen molar-refractivity contribution in [2.45, 2.75) is 32.2 Å². The van der Waals surface area contributed by atoms with E-state index < -0.39 is 0 Å². The molecule has 1 aliphatic rings. The summed E-state index contributed by atoms with van der Waals surface area (Å²) in [6.07, 6.45) is 3.68. The quantitative estimate of drug-likeness (QED) is 0.347. The summed E-state index contributed by atoms with van der Waals surface area (Å²) in [5.74, 6) is -0.507. The fraction of sp³-hybridized carbons (Fsp3) is 0.259. The van der Waals surface area contributed by atoms with Crippen molar-refractivity contribution >= 4 is 29.0 Å². The van der Waals surface area contributed by atoms with Gasteiger partial charge in [-0.2, -0.15) is 0 Å². The van der Waals surface area contributed by atoms with Gasteiger partial charge in [-0.3, -0.25) is 14.5 Å². The highest BCUT2D eigenvalue weighted by molar-refractivity contribution is 6.30.